The number of rotatable bonds is 5. The number of benzene rings is 2. The van der Waals surface area contributed by atoms with Gasteiger partial charge < -0.3 is 9.88 Å². The van der Waals surface area contributed by atoms with E-state index in [2.05, 4.69) is 10.3 Å². The molecule has 1 amide bonds. The molecule has 7 nitrogen and oxygen atoms in total. The molecular formula is C21H20FN5O2. The van der Waals surface area contributed by atoms with Crippen LogP contribution in [0.25, 0.3) is 11.0 Å². The molecule has 4 aromatic rings. The molecule has 0 aliphatic heterocycles. The first-order valence-electron chi connectivity index (χ1n) is 9.12. The Hall–Kier alpha value is -3.68. The predicted octanol–water partition coefficient (Wildman–Crippen LogP) is 2.12. The van der Waals surface area contributed by atoms with Crippen molar-refractivity contribution in [2.75, 3.05) is 0 Å². The summed E-state index contributed by atoms with van der Waals surface area (Å²) in [6.45, 7) is -0.185. The Labute approximate surface area is 166 Å². The fourth-order valence-electron chi connectivity index (χ4n) is 3.51. The lowest BCUT2D eigenvalue weighted by Crippen LogP contribution is -2.36. The Morgan fingerprint density at radius 3 is 2.48 bits per heavy atom. The van der Waals surface area contributed by atoms with E-state index in [0.717, 1.165) is 5.52 Å². The number of amides is 1. The number of hydrogen-bond donors (Lipinski definition) is 1. The van der Waals surface area contributed by atoms with Crippen molar-refractivity contribution in [3.63, 3.8) is 0 Å². The average molecular weight is 393 g/mol. The molecule has 2 aromatic carbocycles. The Kier molecular flexibility index (Phi) is 4.75. The van der Waals surface area contributed by atoms with Crippen LogP contribution in [0.3, 0.4) is 0 Å². The Morgan fingerprint density at radius 2 is 1.79 bits per heavy atom. The van der Waals surface area contributed by atoms with E-state index in [9.17, 15) is 14.0 Å². The van der Waals surface area contributed by atoms with Crippen LogP contribution in [0, 0.1) is 5.82 Å². The lowest BCUT2D eigenvalue weighted by molar-refractivity contribution is -0.122. The number of nitrogens with one attached hydrogen (secondary N) is 1. The number of hydrogen-bond acceptors (Lipinski definition) is 3. The van der Waals surface area contributed by atoms with Crippen LogP contribution in [0.5, 0.6) is 0 Å². The third-order valence-corrected chi connectivity index (χ3v) is 4.99. The standard InChI is InChI=1S/C21H20FN5O2/c1-25-12-11-23-20(25)19(14-7-3-4-8-15(14)22)24-18(28)13-27-17-10-6-5-9-16(17)26(2)21(27)29/h3-12,19H,13H2,1-2H3,(H,24,28). The summed E-state index contributed by atoms with van der Waals surface area (Å²) in [4.78, 5) is 29.7. The molecule has 0 spiro atoms. The Morgan fingerprint density at radius 1 is 1.10 bits per heavy atom. The molecule has 1 N–H and O–H groups in total. The zero-order valence-corrected chi connectivity index (χ0v) is 16.0. The van der Waals surface area contributed by atoms with E-state index < -0.39 is 17.8 Å². The van der Waals surface area contributed by atoms with Crippen LogP contribution in [0.4, 0.5) is 4.39 Å². The Bertz CT molecular complexity index is 1250. The smallest absolute Gasteiger partial charge is 0.329 e. The summed E-state index contributed by atoms with van der Waals surface area (Å²) in [6, 6.07) is 12.7. The largest absolute Gasteiger partial charge is 0.340 e. The highest BCUT2D eigenvalue weighted by atomic mass is 19.1. The van der Waals surface area contributed by atoms with E-state index in [4.69, 9.17) is 0 Å². The summed E-state index contributed by atoms with van der Waals surface area (Å²) in [6.07, 6.45) is 3.31. The van der Waals surface area contributed by atoms with E-state index in [0.29, 0.717) is 16.9 Å². The van der Waals surface area contributed by atoms with Gasteiger partial charge >= 0.3 is 5.69 Å². The van der Waals surface area contributed by atoms with E-state index in [1.54, 1.807) is 55.3 Å². The van der Waals surface area contributed by atoms with Gasteiger partial charge in [0.15, 0.2) is 0 Å². The number of aryl methyl sites for hydroxylation is 2. The fraction of sp³-hybridized carbons (Fsp3) is 0.190. The molecule has 8 heteroatoms. The van der Waals surface area contributed by atoms with Crippen LogP contribution in [0.1, 0.15) is 17.4 Å². The molecule has 0 saturated carbocycles. The highest BCUT2D eigenvalue weighted by molar-refractivity contribution is 5.81. The van der Waals surface area contributed by atoms with Crippen LogP contribution in [0.15, 0.2) is 65.7 Å². The van der Waals surface area contributed by atoms with Gasteiger partial charge in [0.05, 0.1) is 11.0 Å². The number of halogens is 1. The summed E-state index contributed by atoms with van der Waals surface area (Å²) in [7, 11) is 3.44. The molecule has 29 heavy (non-hydrogen) atoms. The third-order valence-electron chi connectivity index (χ3n) is 4.99. The molecule has 4 rings (SSSR count). The second-order valence-electron chi connectivity index (χ2n) is 6.83. The van der Waals surface area contributed by atoms with Crippen molar-refractivity contribution in [3.05, 3.63) is 88.6 Å². The van der Waals surface area contributed by atoms with Gasteiger partial charge in [0.1, 0.15) is 24.2 Å². The SMILES string of the molecule is Cn1ccnc1C(NC(=O)Cn1c(=O)n(C)c2ccccc21)c1ccccc1F. The maximum atomic E-state index is 14.5. The molecule has 2 heterocycles. The van der Waals surface area contributed by atoms with Crippen molar-refractivity contribution in [1.82, 2.24) is 24.0 Å². The molecule has 1 atom stereocenters. The first-order chi connectivity index (χ1) is 14.0. The summed E-state index contributed by atoms with van der Waals surface area (Å²) < 4.78 is 19.1. The second kappa shape index (κ2) is 7.38. The van der Waals surface area contributed by atoms with Crippen LogP contribution in [0.2, 0.25) is 0 Å². The number of fused-ring (bicyclic) bond motifs is 1. The number of para-hydroxylation sites is 2. The normalized spacial score (nSPS) is 12.2. The molecule has 1 unspecified atom stereocenters. The van der Waals surface area contributed by atoms with Crippen molar-refractivity contribution in [2.45, 2.75) is 12.6 Å². The second-order valence-corrected chi connectivity index (χ2v) is 6.83. The van der Waals surface area contributed by atoms with Crippen molar-refractivity contribution in [1.29, 1.82) is 0 Å². The lowest BCUT2D eigenvalue weighted by Gasteiger charge is -2.20. The number of imidazole rings is 2. The molecule has 0 aliphatic rings. The van der Waals surface area contributed by atoms with Crippen LogP contribution in [-0.2, 0) is 25.4 Å². The highest BCUT2D eigenvalue weighted by Crippen LogP contribution is 2.23. The first-order valence-corrected chi connectivity index (χ1v) is 9.12. The summed E-state index contributed by atoms with van der Waals surface area (Å²) in [5, 5.41) is 2.84. The average Bonchev–Trinajstić information content (AvgIpc) is 3.24. The molecule has 2 aromatic heterocycles. The van der Waals surface area contributed by atoms with Crippen molar-refractivity contribution in [2.24, 2.45) is 14.1 Å². The van der Waals surface area contributed by atoms with Gasteiger partial charge in [-0.05, 0) is 18.2 Å². The van der Waals surface area contributed by atoms with Gasteiger partial charge in [-0.25, -0.2) is 14.2 Å². The van der Waals surface area contributed by atoms with Gasteiger partial charge in [0, 0.05) is 32.1 Å². The monoisotopic (exact) mass is 393 g/mol. The maximum absolute atomic E-state index is 14.5. The van der Waals surface area contributed by atoms with E-state index in [1.807, 2.05) is 18.2 Å². The minimum atomic E-state index is -0.783. The van der Waals surface area contributed by atoms with Crippen molar-refractivity contribution in [3.8, 4) is 0 Å². The minimum Gasteiger partial charge on any atom is -0.340 e. The zero-order valence-electron chi connectivity index (χ0n) is 16.0. The zero-order chi connectivity index (χ0) is 20.5. The maximum Gasteiger partial charge on any atom is 0.329 e. The minimum absolute atomic E-state index is 0.185. The lowest BCUT2D eigenvalue weighted by atomic mass is 10.1. The molecule has 0 saturated heterocycles. The van der Waals surface area contributed by atoms with Gasteiger partial charge in [-0.1, -0.05) is 30.3 Å². The van der Waals surface area contributed by atoms with Crippen molar-refractivity contribution < 1.29 is 9.18 Å². The van der Waals surface area contributed by atoms with Crippen molar-refractivity contribution >= 4 is 16.9 Å². The van der Waals surface area contributed by atoms with E-state index in [-0.39, 0.29) is 12.2 Å². The van der Waals surface area contributed by atoms with Gasteiger partial charge in [-0.3, -0.25) is 13.9 Å². The predicted molar refractivity (Wildman–Crippen MR) is 107 cm³/mol. The number of carbonyl (C=O) groups is 1. The van der Waals surface area contributed by atoms with Gasteiger partial charge in [-0.2, -0.15) is 0 Å². The highest BCUT2D eigenvalue weighted by Gasteiger charge is 2.24. The third kappa shape index (κ3) is 3.33. The van der Waals surface area contributed by atoms with E-state index in [1.165, 1.54) is 15.2 Å². The summed E-state index contributed by atoms with van der Waals surface area (Å²) in [5.41, 5.74) is 1.41. The molecule has 0 bridgehead atoms. The topological polar surface area (TPSA) is 73.8 Å². The van der Waals surface area contributed by atoms with Gasteiger partial charge in [0.2, 0.25) is 5.91 Å². The van der Waals surface area contributed by atoms with Gasteiger partial charge in [0.25, 0.3) is 0 Å². The van der Waals surface area contributed by atoms with E-state index >= 15 is 0 Å². The van der Waals surface area contributed by atoms with Gasteiger partial charge in [-0.15, -0.1) is 0 Å². The van der Waals surface area contributed by atoms with Crippen LogP contribution in [-0.4, -0.2) is 24.6 Å². The quantitative estimate of drug-likeness (QED) is 0.564. The number of aromatic nitrogens is 4. The van der Waals surface area contributed by atoms with Crippen LogP contribution < -0.4 is 11.0 Å². The Balaban J connectivity index is 1.68. The molecule has 0 radical (unpaired) electrons. The number of nitrogens with zero attached hydrogens (tertiary/aromatic N) is 4. The summed E-state index contributed by atoms with van der Waals surface area (Å²) >= 11 is 0. The molecule has 0 aliphatic carbocycles. The summed E-state index contributed by atoms with van der Waals surface area (Å²) in [5.74, 6) is -0.364. The first kappa shape index (κ1) is 18.7. The molecular weight excluding hydrogens is 373 g/mol. The molecule has 148 valence electrons. The molecule has 0 fully saturated rings. The van der Waals surface area contributed by atoms with Crippen LogP contribution >= 0.6 is 0 Å². The number of carbonyl (C=O) groups excluding carboxylic acids is 1. The fourth-order valence-corrected chi connectivity index (χ4v) is 3.51.